The molecule has 0 spiro atoms. The third-order valence-corrected chi connectivity index (χ3v) is 6.47. The van der Waals surface area contributed by atoms with Crippen molar-refractivity contribution in [2.75, 3.05) is 25.0 Å². The van der Waals surface area contributed by atoms with Crippen LogP contribution in [0.1, 0.15) is 41.1 Å². The van der Waals surface area contributed by atoms with Gasteiger partial charge in [-0.3, -0.25) is 9.89 Å². The van der Waals surface area contributed by atoms with Gasteiger partial charge >= 0.3 is 0 Å². The molecule has 1 aliphatic heterocycles. The van der Waals surface area contributed by atoms with Crippen LogP contribution in [0.15, 0.2) is 28.6 Å². The highest BCUT2D eigenvalue weighted by Crippen LogP contribution is 2.25. The van der Waals surface area contributed by atoms with Gasteiger partial charge in [-0.2, -0.15) is 0 Å². The topological polar surface area (TPSA) is 66.5 Å². The molecule has 2 heterocycles. The fourth-order valence-corrected chi connectivity index (χ4v) is 4.71. The normalized spacial score (nSPS) is 18.0. The molecule has 0 bridgehead atoms. The van der Waals surface area contributed by atoms with Crippen LogP contribution < -0.4 is 11.1 Å². The zero-order valence-electron chi connectivity index (χ0n) is 16.5. The SMILES string of the molecule is Cc1nc(CN2CCC(CN=C(N)Nc3ccc4c(c3)CCC4)CC2)cs1.I. The first-order chi connectivity index (χ1) is 13.2. The van der Waals surface area contributed by atoms with Crippen molar-refractivity contribution < 1.29 is 0 Å². The van der Waals surface area contributed by atoms with Crippen molar-refractivity contribution >= 4 is 47.0 Å². The summed E-state index contributed by atoms with van der Waals surface area (Å²) in [6.45, 7) is 6.10. The van der Waals surface area contributed by atoms with Crippen LogP contribution in [0.5, 0.6) is 0 Å². The zero-order chi connectivity index (χ0) is 18.6. The first-order valence-corrected chi connectivity index (χ1v) is 10.9. The van der Waals surface area contributed by atoms with Gasteiger partial charge in [0.15, 0.2) is 5.96 Å². The summed E-state index contributed by atoms with van der Waals surface area (Å²) in [6, 6.07) is 6.56. The number of guanidine groups is 1. The molecule has 1 aliphatic carbocycles. The predicted molar refractivity (Wildman–Crippen MR) is 129 cm³/mol. The predicted octanol–water partition coefficient (Wildman–Crippen LogP) is 4.20. The number of aryl methyl sites for hydroxylation is 3. The van der Waals surface area contributed by atoms with Crippen molar-refractivity contribution in [1.29, 1.82) is 0 Å². The van der Waals surface area contributed by atoms with Crippen LogP contribution >= 0.6 is 35.3 Å². The van der Waals surface area contributed by atoms with Crippen LogP contribution in [-0.4, -0.2) is 35.5 Å². The number of anilines is 1. The van der Waals surface area contributed by atoms with E-state index >= 15 is 0 Å². The average molecular weight is 511 g/mol. The Bertz CT molecular complexity index is 811. The lowest BCUT2D eigenvalue weighted by Crippen LogP contribution is -2.34. The molecular weight excluding hydrogens is 481 g/mol. The van der Waals surface area contributed by atoms with Gasteiger partial charge in [-0.05, 0) is 81.3 Å². The highest BCUT2D eigenvalue weighted by molar-refractivity contribution is 14.0. The lowest BCUT2D eigenvalue weighted by molar-refractivity contribution is 0.179. The van der Waals surface area contributed by atoms with Crippen LogP contribution in [0.4, 0.5) is 5.69 Å². The number of hydrogen-bond acceptors (Lipinski definition) is 4. The Kier molecular flexibility index (Phi) is 7.70. The van der Waals surface area contributed by atoms with E-state index in [-0.39, 0.29) is 24.0 Å². The number of thiazole rings is 1. The van der Waals surface area contributed by atoms with E-state index < -0.39 is 0 Å². The molecule has 1 saturated heterocycles. The average Bonchev–Trinajstić information content (AvgIpc) is 3.29. The van der Waals surface area contributed by atoms with Crippen molar-refractivity contribution in [3.05, 3.63) is 45.4 Å². The van der Waals surface area contributed by atoms with Gasteiger partial charge in [-0.1, -0.05) is 6.07 Å². The molecule has 152 valence electrons. The second-order valence-electron chi connectivity index (χ2n) is 7.77. The number of benzene rings is 1. The number of aliphatic imine (C=N–C) groups is 1. The fourth-order valence-electron chi connectivity index (χ4n) is 4.10. The smallest absolute Gasteiger partial charge is 0.193 e. The van der Waals surface area contributed by atoms with Crippen molar-refractivity contribution in [3.8, 4) is 0 Å². The maximum absolute atomic E-state index is 6.12. The summed E-state index contributed by atoms with van der Waals surface area (Å²) in [5, 5.41) is 6.60. The Balaban J connectivity index is 0.00000225. The second kappa shape index (κ2) is 10.0. The van der Waals surface area contributed by atoms with E-state index in [2.05, 4.69) is 50.7 Å². The number of likely N-dealkylation sites (tertiary alicyclic amines) is 1. The van der Waals surface area contributed by atoms with Gasteiger partial charge in [0, 0.05) is 24.2 Å². The van der Waals surface area contributed by atoms with Crippen LogP contribution in [-0.2, 0) is 19.4 Å². The molecule has 1 aromatic heterocycles. The maximum Gasteiger partial charge on any atom is 0.193 e. The van der Waals surface area contributed by atoms with Crippen LogP contribution in [0, 0.1) is 12.8 Å². The number of fused-ring (bicyclic) bond motifs is 1. The molecule has 0 atom stereocenters. The molecule has 2 aromatic rings. The lowest BCUT2D eigenvalue weighted by atomic mass is 9.97. The van der Waals surface area contributed by atoms with Crippen molar-refractivity contribution in [2.45, 2.75) is 45.6 Å². The molecule has 5 nitrogen and oxygen atoms in total. The van der Waals surface area contributed by atoms with E-state index in [4.69, 9.17) is 5.73 Å². The summed E-state index contributed by atoms with van der Waals surface area (Å²) in [5.41, 5.74) is 11.3. The molecule has 0 radical (unpaired) electrons. The van der Waals surface area contributed by atoms with E-state index in [1.54, 1.807) is 11.3 Å². The first-order valence-electron chi connectivity index (χ1n) is 9.98. The van der Waals surface area contributed by atoms with E-state index in [0.29, 0.717) is 11.9 Å². The summed E-state index contributed by atoms with van der Waals surface area (Å²) in [6.07, 6.45) is 6.02. The number of nitrogens with two attached hydrogens (primary N) is 1. The Hall–Kier alpha value is -1.19. The summed E-state index contributed by atoms with van der Waals surface area (Å²) in [4.78, 5) is 11.7. The first kappa shape index (κ1) is 21.5. The van der Waals surface area contributed by atoms with E-state index in [9.17, 15) is 0 Å². The largest absolute Gasteiger partial charge is 0.370 e. The zero-order valence-corrected chi connectivity index (χ0v) is 19.6. The number of nitrogens with zero attached hydrogens (tertiary/aromatic N) is 3. The molecule has 0 unspecified atom stereocenters. The van der Waals surface area contributed by atoms with E-state index in [1.807, 2.05) is 0 Å². The number of halogens is 1. The molecule has 1 fully saturated rings. The van der Waals surface area contributed by atoms with Crippen molar-refractivity contribution in [2.24, 2.45) is 16.6 Å². The van der Waals surface area contributed by atoms with Gasteiger partial charge in [0.1, 0.15) is 0 Å². The maximum atomic E-state index is 6.12. The second-order valence-corrected chi connectivity index (χ2v) is 8.83. The highest BCUT2D eigenvalue weighted by Gasteiger charge is 2.19. The molecule has 0 saturated carbocycles. The molecule has 4 rings (SSSR count). The molecule has 0 amide bonds. The lowest BCUT2D eigenvalue weighted by Gasteiger charge is -2.30. The Morgan fingerprint density at radius 3 is 2.82 bits per heavy atom. The van der Waals surface area contributed by atoms with Crippen molar-refractivity contribution in [1.82, 2.24) is 9.88 Å². The molecular formula is C21H30IN5S. The minimum atomic E-state index is 0. The van der Waals surface area contributed by atoms with Crippen LogP contribution in [0.3, 0.4) is 0 Å². The van der Waals surface area contributed by atoms with Gasteiger partial charge in [-0.25, -0.2) is 4.98 Å². The van der Waals surface area contributed by atoms with Crippen LogP contribution in [0.25, 0.3) is 0 Å². The summed E-state index contributed by atoms with van der Waals surface area (Å²) in [5.74, 6) is 1.16. The minimum absolute atomic E-state index is 0. The van der Waals surface area contributed by atoms with Gasteiger partial charge in [0.25, 0.3) is 0 Å². The third-order valence-electron chi connectivity index (χ3n) is 5.65. The quantitative estimate of drug-likeness (QED) is 0.359. The standard InChI is InChI=1S/C21H29N5S.HI/c1-15-24-20(14-27-15)13-26-9-7-16(8-10-26)12-23-21(22)25-19-6-5-17-3-2-4-18(17)11-19;/h5-6,11,14,16H,2-4,7-10,12-13H2,1H3,(H3,22,23,25);1H. The number of hydrogen-bond donors (Lipinski definition) is 2. The van der Waals surface area contributed by atoms with Gasteiger partial charge in [-0.15, -0.1) is 35.3 Å². The highest BCUT2D eigenvalue weighted by atomic mass is 127. The number of aromatic nitrogens is 1. The van der Waals surface area contributed by atoms with Crippen LogP contribution in [0.2, 0.25) is 0 Å². The molecule has 1 aromatic carbocycles. The number of piperidine rings is 1. The van der Waals surface area contributed by atoms with Gasteiger partial charge in [0.2, 0.25) is 0 Å². The Morgan fingerprint density at radius 2 is 2.07 bits per heavy atom. The minimum Gasteiger partial charge on any atom is -0.370 e. The summed E-state index contributed by atoms with van der Waals surface area (Å²) < 4.78 is 0. The van der Waals surface area contributed by atoms with Crippen molar-refractivity contribution in [3.63, 3.8) is 0 Å². The fraction of sp³-hybridized carbons (Fsp3) is 0.524. The summed E-state index contributed by atoms with van der Waals surface area (Å²) in [7, 11) is 0. The molecule has 3 N–H and O–H groups in total. The van der Waals surface area contributed by atoms with Gasteiger partial charge in [0.05, 0.1) is 10.7 Å². The monoisotopic (exact) mass is 511 g/mol. The summed E-state index contributed by atoms with van der Waals surface area (Å²) >= 11 is 1.74. The Morgan fingerprint density at radius 1 is 1.29 bits per heavy atom. The molecule has 7 heteroatoms. The van der Waals surface area contributed by atoms with E-state index in [0.717, 1.165) is 36.9 Å². The molecule has 28 heavy (non-hydrogen) atoms. The van der Waals surface area contributed by atoms with E-state index in [1.165, 1.54) is 48.9 Å². The van der Waals surface area contributed by atoms with Gasteiger partial charge < -0.3 is 11.1 Å². The molecule has 2 aliphatic rings. The third kappa shape index (κ3) is 5.67. The Labute approximate surface area is 188 Å². The number of nitrogens with one attached hydrogen (secondary N) is 1. The number of rotatable bonds is 5.